The fourth-order valence-electron chi connectivity index (χ4n) is 4.15. The number of piperidine rings is 1. The van der Waals surface area contributed by atoms with E-state index in [9.17, 15) is 13.2 Å². The molecule has 0 aliphatic carbocycles. The van der Waals surface area contributed by atoms with Crippen LogP contribution in [0.2, 0.25) is 5.02 Å². The summed E-state index contributed by atoms with van der Waals surface area (Å²) >= 11 is 7.74. The van der Waals surface area contributed by atoms with Crippen LogP contribution in [0.15, 0.2) is 47.4 Å². The Morgan fingerprint density at radius 2 is 1.78 bits per heavy atom. The normalized spacial score (nSPS) is 15.2. The van der Waals surface area contributed by atoms with Crippen LogP contribution in [-0.2, 0) is 10.0 Å². The second-order valence-electron chi connectivity index (χ2n) is 9.31. The van der Waals surface area contributed by atoms with Crippen molar-refractivity contribution in [2.45, 2.75) is 31.1 Å². The Morgan fingerprint density at radius 3 is 2.39 bits per heavy atom. The molecule has 1 fully saturated rings. The number of hydrogen-bond donors (Lipinski definition) is 0. The lowest BCUT2D eigenvalue weighted by atomic mass is 10.0. The zero-order chi connectivity index (χ0) is 25.2. The molecule has 11 heteroatoms. The van der Waals surface area contributed by atoms with Gasteiger partial charge in [0.25, 0.3) is 5.91 Å². The van der Waals surface area contributed by atoms with E-state index in [1.165, 1.54) is 23.5 Å². The molecule has 2 aromatic carbocycles. The zero-order valence-electron chi connectivity index (χ0n) is 20.7. The van der Waals surface area contributed by atoms with Crippen molar-refractivity contribution in [1.29, 1.82) is 0 Å². The van der Waals surface area contributed by atoms with Crippen molar-refractivity contribution < 1.29 is 13.2 Å². The van der Waals surface area contributed by atoms with Crippen LogP contribution in [0.25, 0.3) is 10.2 Å². The molecule has 1 amide bonds. The third-order valence-corrected chi connectivity index (χ3v) is 9.56. The van der Waals surface area contributed by atoms with E-state index in [0.29, 0.717) is 46.8 Å². The Morgan fingerprint density at radius 1 is 1.11 bits per heavy atom. The predicted molar refractivity (Wildman–Crippen MR) is 150 cm³/mol. The Bertz CT molecular complexity index is 1290. The summed E-state index contributed by atoms with van der Waals surface area (Å²) in [5.74, 6) is 0.326. The second kappa shape index (κ2) is 12.2. The van der Waals surface area contributed by atoms with Gasteiger partial charge in [-0.05, 0) is 82.2 Å². The number of nitrogens with zero attached hydrogens (tertiary/aromatic N) is 4. The van der Waals surface area contributed by atoms with Crippen LogP contribution in [0.5, 0.6) is 0 Å². The number of sulfonamides is 1. The summed E-state index contributed by atoms with van der Waals surface area (Å²) in [7, 11) is 0.416. The maximum absolute atomic E-state index is 13.6. The number of rotatable bonds is 8. The van der Waals surface area contributed by atoms with Gasteiger partial charge in [0, 0.05) is 25.2 Å². The lowest BCUT2D eigenvalue weighted by Crippen LogP contribution is -2.38. The van der Waals surface area contributed by atoms with Crippen molar-refractivity contribution >= 4 is 66.6 Å². The van der Waals surface area contributed by atoms with Crippen molar-refractivity contribution in [2.75, 3.05) is 45.2 Å². The minimum absolute atomic E-state index is 0. The number of carbonyl (C=O) groups excluding carboxylic acids is 1. The first kappa shape index (κ1) is 28.8. The molecule has 3 aromatic rings. The Hall–Kier alpha value is -1.75. The van der Waals surface area contributed by atoms with E-state index in [-0.39, 0.29) is 23.2 Å². The molecule has 1 aromatic heterocycles. The standard InChI is InChI=1S/C25H31ClN4O3S2.ClH/c1-18-12-16-29(17-13-18)35(32,33)20-10-8-19(9-11-20)24(31)30(15-5-14-28(2)3)25-27-23-21(26)6-4-7-22(23)34-25;/h4,6-11,18H,5,12-17H2,1-3H3;1H. The third kappa shape index (κ3) is 6.38. The summed E-state index contributed by atoms with van der Waals surface area (Å²) in [6.07, 6.45) is 2.50. The van der Waals surface area contributed by atoms with Gasteiger partial charge in [0.1, 0.15) is 5.52 Å². The molecule has 7 nitrogen and oxygen atoms in total. The molecule has 1 saturated heterocycles. The van der Waals surface area contributed by atoms with Crippen molar-refractivity contribution in [1.82, 2.24) is 14.2 Å². The van der Waals surface area contributed by atoms with E-state index in [1.54, 1.807) is 27.4 Å². The number of anilines is 1. The quantitative estimate of drug-likeness (QED) is 0.363. The van der Waals surface area contributed by atoms with Crippen molar-refractivity contribution in [2.24, 2.45) is 5.92 Å². The van der Waals surface area contributed by atoms with Crippen LogP contribution >= 0.6 is 35.3 Å². The van der Waals surface area contributed by atoms with Gasteiger partial charge in [-0.1, -0.05) is 35.9 Å². The van der Waals surface area contributed by atoms with E-state index >= 15 is 0 Å². The molecule has 0 N–H and O–H groups in total. The van der Waals surface area contributed by atoms with E-state index in [1.807, 2.05) is 26.2 Å². The van der Waals surface area contributed by atoms with Crippen LogP contribution in [0.3, 0.4) is 0 Å². The van der Waals surface area contributed by atoms with Gasteiger partial charge in [0.2, 0.25) is 10.0 Å². The number of thiazole rings is 1. The fraction of sp³-hybridized carbons (Fsp3) is 0.440. The molecule has 1 aliphatic rings. The maximum atomic E-state index is 13.6. The largest absolute Gasteiger partial charge is 0.309 e. The molecule has 2 heterocycles. The molecule has 0 unspecified atom stereocenters. The number of amides is 1. The van der Waals surface area contributed by atoms with Crippen LogP contribution in [-0.4, -0.2) is 68.8 Å². The molecule has 36 heavy (non-hydrogen) atoms. The summed E-state index contributed by atoms with van der Waals surface area (Å²) in [6, 6.07) is 11.9. The van der Waals surface area contributed by atoms with Crippen LogP contribution in [0.1, 0.15) is 36.5 Å². The first-order valence-corrected chi connectivity index (χ1v) is 14.4. The smallest absolute Gasteiger partial charge is 0.260 e. The van der Waals surface area contributed by atoms with Crippen LogP contribution in [0.4, 0.5) is 5.13 Å². The highest BCUT2D eigenvalue weighted by atomic mass is 35.5. The summed E-state index contributed by atoms with van der Waals surface area (Å²) in [4.78, 5) is 22.2. The van der Waals surface area contributed by atoms with Gasteiger partial charge in [-0.15, -0.1) is 12.4 Å². The predicted octanol–water partition coefficient (Wildman–Crippen LogP) is 5.39. The van der Waals surface area contributed by atoms with Gasteiger partial charge in [-0.25, -0.2) is 13.4 Å². The first-order chi connectivity index (χ1) is 16.7. The lowest BCUT2D eigenvalue weighted by Gasteiger charge is -2.29. The number of benzene rings is 2. The SMILES string of the molecule is CC1CCN(S(=O)(=O)c2ccc(C(=O)N(CCCN(C)C)c3nc4c(Cl)cccc4s3)cc2)CC1.Cl. The molecular formula is C25H32Cl2N4O3S2. The molecule has 0 bridgehead atoms. The Balaban J connectivity index is 0.00000361. The topological polar surface area (TPSA) is 73.8 Å². The lowest BCUT2D eigenvalue weighted by molar-refractivity contribution is 0.0986. The highest BCUT2D eigenvalue weighted by molar-refractivity contribution is 7.89. The number of para-hydroxylation sites is 1. The van der Waals surface area contributed by atoms with Crippen molar-refractivity contribution in [3.8, 4) is 0 Å². The van der Waals surface area contributed by atoms with E-state index < -0.39 is 10.0 Å². The summed E-state index contributed by atoms with van der Waals surface area (Å²) in [5, 5.41) is 1.13. The fourth-order valence-corrected chi connectivity index (χ4v) is 6.91. The van der Waals surface area contributed by atoms with Crippen LogP contribution < -0.4 is 4.90 Å². The monoisotopic (exact) mass is 570 g/mol. The van der Waals surface area contributed by atoms with Gasteiger partial charge in [-0.2, -0.15) is 4.31 Å². The number of carbonyl (C=O) groups is 1. The Kier molecular flexibility index (Phi) is 9.76. The number of halogens is 2. The number of fused-ring (bicyclic) bond motifs is 1. The van der Waals surface area contributed by atoms with E-state index in [0.717, 1.165) is 30.5 Å². The summed E-state index contributed by atoms with van der Waals surface area (Å²) < 4.78 is 28.6. The average Bonchev–Trinajstić information content (AvgIpc) is 3.27. The second-order valence-corrected chi connectivity index (χ2v) is 12.7. The van der Waals surface area contributed by atoms with E-state index in [2.05, 4.69) is 16.8 Å². The number of aromatic nitrogens is 1. The molecule has 0 radical (unpaired) electrons. The summed E-state index contributed by atoms with van der Waals surface area (Å²) in [6.45, 7) is 4.52. The van der Waals surface area contributed by atoms with Crippen LogP contribution in [0, 0.1) is 5.92 Å². The molecule has 1 aliphatic heterocycles. The van der Waals surface area contributed by atoms with Crippen molar-refractivity contribution in [3.05, 3.63) is 53.1 Å². The van der Waals surface area contributed by atoms with Gasteiger partial charge in [0.05, 0.1) is 14.6 Å². The molecule has 196 valence electrons. The molecule has 0 spiro atoms. The zero-order valence-corrected chi connectivity index (χ0v) is 23.9. The molecule has 0 saturated carbocycles. The van der Waals surface area contributed by atoms with Crippen molar-refractivity contribution in [3.63, 3.8) is 0 Å². The van der Waals surface area contributed by atoms with E-state index in [4.69, 9.17) is 11.6 Å². The minimum Gasteiger partial charge on any atom is -0.309 e. The van der Waals surface area contributed by atoms with Gasteiger partial charge >= 0.3 is 0 Å². The highest BCUT2D eigenvalue weighted by Gasteiger charge is 2.29. The van der Waals surface area contributed by atoms with Gasteiger partial charge in [0.15, 0.2) is 5.13 Å². The molecule has 4 rings (SSSR count). The van der Waals surface area contributed by atoms with Gasteiger partial charge in [-0.3, -0.25) is 9.69 Å². The van der Waals surface area contributed by atoms with Gasteiger partial charge < -0.3 is 4.90 Å². The molecular weight excluding hydrogens is 539 g/mol. The molecule has 0 atom stereocenters. The Labute approximate surface area is 228 Å². The third-order valence-electron chi connectivity index (χ3n) is 6.30. The summed E-state index contributed by atoms with van der Waals surface area (Å²) in [5.41, 5.74) is 1.10. The minimum atomic E-state index is -3.57. The average molecular weight is 572 g/mol. The maximum Gasteiger partial charge on any atom is 0.260 e. The highest BCUT2D eigenvalue weighted by Crippen LogP contribution is 2.33. The first-order valence-electron chi connectivity index (χ1n) is 11.8. The number of hydrogen-bond acceptors (Lipinski definition) is 6.